The summed E-state index contributed by atoms with van der Waals surface area (Å²) in [6.07, 6.45) is 0. The second-order valence-corrected chi connectivity index (χ2v) is 4.22. The van der Waals surface area contributed by atoms with Crippen molar-refractivity contribution in [3.8, 4) is 0 Å². The first-order chi connectivity index (χ1) is 10.0. The number of nitro groups is 1. The number of anilines is 2. The highest BCUT2D eigenvalue weighted by atomic mass is 19.1. The van der Waals surface area contributed by atoms with Crippen molar-refractivity contribution >= 4 is 23.0 Å². The van der Waals surface area contributed by atoms with Crippen molar-refractivity contribution in [3.05, 3.63) is 64.5 Å². The predicted molar refractivity (Wildman–Crippen MR) is 76.6 cm³/mol. The van der Waals surface area contributed by atoms with E-state index in [-0.39, 0.29) is 18.1 Å². The molecule has 0 unspecified atom stereocenters. The van der Waals surface area contributed by atoms with Gasteiger partial charge in [-0.3, -0.25) is 14.9 Å². The van der Waals surface area contributed by atoms with E-state index in [2.05, 4.69) is 10.6 Å². The first-order valence-corrected chi connectivity index (χ1v) is 6.08. The van der Waals surface area contributed by atoms with Crippen LogP contribution in [0.15, 0.2) is 48.5 Å². The number of halogens is 1. The minimum atomic E-state index is -0.517. The summed E-state index contributed by atoms with van der Waals surface area (Å²) in [6.45, 7) is -0.0412. The molecule has 2 rings (SSSR count). The molecule has 0 bridgehead atoms. The molecule has 0 aliphatic rings. The number of nitro benzene ring substituents is 1. The van der Waals surface area contributed by atoms with Crippen molar-refractivity contribution < 1.29 is 14.1 Å². The van der Waals surface area contributed by atoms with Crippen molar-refractivity contribution in [2.45, 2.75) is 0 Å². The summed E-state index contributed by atoms with van der Waals surface area (Å²) in [4.78, 5) is 21.7. The van der Waals surface area contributed by atoms with Crippen LogP contribution in [0.1, 0.15) is 0 Å². The highest BCUT2D eigenvalue weighted by molar-refractivity contribution is 5.93. The lowest BCUT2D eigenvalue weighted by atomic mass is 10.3. The van der Waals surface area contributed by atoms with Gasteiger partial charge in [0.2, 0.25) is 5.91 Å². The molecule has 2 N–H and O–H groups in total. The Bertz CT molecular complexity index is 659. The molecule has 2 aromatic rings. The molecule has 0 radical (unpaired) electrons. The highest BCUT2D eigenvalue weighted by Gasteiger charge is 2.06. The number of carbonyl (C=O) groups is 1. The summed E-state index contributed by atoms with van der Waals surface area (Å²) in [5, 5.41) is 15.8. The van der Waals surface area contributed by atoms with E-state index in [1.54, 1.807) is 6.07 Å². The lowest BCUT2D eigenvalue weighted by molar-refractivity contribution is -0.384. The van der Waals surface area contributed by atoms with Crippen molar-refractivity contribution in [3.63, 3.8) is 0 Å². The topological polar surface area (TPSA) is 84.3 Å². The summed E-state index contributed by atoms with van der Waals surface area (Å²) in [5.74, 6) is -0.733. The third-order valence-corrected chi connectivity index (χ3v) is 2.64. The number of nitrogens with zero attached hydrogens (tertiary/aromatic N) is 1. The smallest absolute Gasteiger partial charge is 0.269 e. The fraction of sp³-hybridized carbons (Fsp3) is 0.0714. The Morgan fingerprint density at radius 1 is 1.14 bits per heavy atom. The van der Waals surface area contributed by atoms with Crippen LogP contribution in [0.4, 0.5) is 21.5 Å². The molecule has 0 aliphatic heterocycles. The predicted octanol–water partition coefficient (Wildman–Crippen LogP) is 2.78. The zero-order chi connectivity index (χ0) is 15.2. The summed E-state index contributed by atoms with van der Waals surface area (Å²) in [7, 11) is 0. The van der Waals surface area contributed by atoms with Crippen LogP contribution < -0.4 is 10.6 Å². The molecule has 0 spiro atoms. The van der Waals surface area contributed by atoms with Gasteiger partial charge in [0.1, 0.15) is 5.82 Å². The number of amides is 1. The van der Waals surface area contributed by atoms with Crippen LogP contribution in [0.25, 0.3) is 0 Å². The van der Waals surface area contributed by atoms with Gasteiger partial charge in [-0.25, -0.2) is 4.39 Å². The number of benzene rings is 2. The number of rotatable bonds is 5. The first kappa shape index (κ1) is 14.4. The largest absolute Gasteiger partial charge is 0.376 e. The van der Waals surface area contributed by atoms with Gasteiger partial charge < -0.3 is 10.6 Å². The molecule has 21 heavy (non-hydrogen) atoms. The number of hydrogen-bond acceptors (Lipinski definition) is 4. The van der Waals surface area contributed by atoms with Crippen molar-refractivity contribution in [2.75, 3.05) is 17.2 Å². The molecule has 2 aromatic carbocycles. The first-order valence-electron chi connectivity index (χ1n) is 6.08. The maximum absolute atomic E-state index is 12.9. The van der Waals surface area contributed by atoms with Gasteiger partial charge in [-0.1, -0.05) is 6.07 Å². The molecule has 7 heteroatoms. The molecule has 0 saturated carbocycles. The SMILES string of the molecule is O=C(CNc1cccc(F)c1)Nc1ccc([N+](=O)[O-])cc1. The monoisotopic (exact) mass is 289 g/mol. The Balaban J connectivity index is 1.88. The number of carbonyl (C=O) groups excluding carboxylic acids is 1. The molecular formula is C14H12FN3O3. The third-order valence-electron chi connectivity index (χ3n) is 2.64. The van der Waals surface area contributed by atoms with Crippen molar-refractivity contribution in [1.82, 2.24) is 0 Å². The summed E-state index contributed by atoms with van der Waals surface area (Å²) in [5.41, 5.74) is 0.895. The molecule has 0 aromatic heterocycles. The van der Waals surface area contributed by atoms with Crippen LogP contribution in [0.5, 0.6) is 0 Å². The lowest BCUT2D eigenvalue weighted by Gasteiger charge is -2.07. The zero-order valence-corrected chi connectivity index (χ0v) is 10.9. The second kappa shape index (κ2) is 6.47. The van der Waals surface area contributed by atoms with E-state index in [1.807, 2.05) is 0 Å². The van der Waals surface area contributed by atoms with Crippen LogP contribution >= 0.6 is 0 Å². The fourth-order valence-electron chi connectivity index (χ4n) is 1.65. The van der Waals surface area contributed by atoms with Gasteiger partial charge in [0.25, 0.3) is 5.69 Å². The van der Waals surface area contributed by atoms with Gasteiger partial charge in [0.05, 0.1) is 11.5 Å². The average molecular weight is 289 g/mol. The molecule has 0 fully saturated rings. The molecule has 6 nitrogen and oxygen atoms in total. The Labute approximate surface area is 119 Å². The Kier molecular flexibility index (Phi) is 4.45. The molecule has 0 saturated heterocycles. The molecule has 108 valence electrons. The van der Waals surface area contributed by atoms with Gasteiger partial charge >= 0.3 is 0 Å². The minimum Gasteiger partial charge on any atom is -0.376 e. The molecule has 1 amide bonds. The summed E-state index contributed by atoms with van der Waals surface area (Å²) in [6, 6.07) is 11.2. The maximum atomic E-state index is 12.9. The van der Waals surface area contributed by atoms with E-state index >= 15 is 0 Å². The average Bonchev–Trinajstić information content (AvgIpc) is 2.46. The van der Waals surface area contributed by atoms with Gasteiger partial charge in [-0.05, 0) is 30.3 Å². The second-order valence-electron chi connectivity index (χ2n) is 4.22. The molecule has 0 aliphatic carbocycles. The van der Waals surface area contributed by atoms with E-state index < -0.39 is 10.7 Å². The fourth-order valence-corrected chi connectivity index (χ4v) is 1.65. The van der Waals surface area contributed by atoms with Crippen molar-refractivity contribution in [1.29, 1.82) is 0 Å². The maximum Gasteiger partial charge on any atom is 0.269 e. The van der Waals surface area contributed by atoms with Crippen LogP contribution in [0, 0.1) is 15.9 Å². The van der Waals surface area contributed by atoms with Crippen LogP contribution in [-0.4, -0.2) is 17.4 Å². The summed E-state index contributed by atoms with van der Waals surface area (Å²) < 4.78 is 12.9. The Morgan fingerprint density at radius 3 is 2.48 bits per heavy atom. The third kappa shape index (κ3) is 4.27. The van der Waals surface area contributed by atoms with E-state index in [1.165, 1.54) is 42.5 Å². The molecular weight excluding hydrogens is 277 g/mol. The molecule has 0 atom stereocenters. The normalized spacial score (nSPS) is 9.95. The van der Waals surface area contributed by atoms with Gasteiger partial charge in [-0.15, -0.1) is 0 Å². The quantitative estimate of drug-likeness (QED) is 0.654. The van der Waals surface area contributed by atoms with Gasteiger partial charge in [0.15, 0.2) is 0 Å². The highest BCUT2D eigenvalue weighted by Crippen LogP contribution is 2.15. The van der Waals surface area contributed by atoms with Crippen LogP contribution in [0.2, 0.25) is 0 Å². The van der Waals surface area contributed by atoms with Crippen LogP contribution in [0.3, 0.4) is 0 Å². The van der Waals surface area contributed by atoms with E-state index in [0.29, 0.717) is 11.4 Å². The Hall–Kier alpha value is -2.96. The number of hydrogen-bond donors (Lipinski definition) is 2. The van der Waals surface area contributed by atoms with Crippen LogP contribution in [-0.2, 0) is 4.79 Å². The van der Waals surface area contributed by atoms with Gasteiger partial charge in [0, 0.05) is 23.5 Å². The Morgan fingerprint density at radius 2 is 1.86 bits per heavy atom. The standard InChI is InChI=1S/C14H12FN3O3/c15-10-2-1-3-12(8-10)16-9-14(19)17-11-4-6-13(7-5-11)18(20)21/h1-8,16H,9H2,(H,17,19). The minimum absolute atomic E-state index is 0.0412. The van der Waals surface area contributed by atoms with E-state index in [4.69, 9.17) is 0 Å². The van der Waals surface area contributed by atoms with E-state index in [0.717, 1.165) is 0 Å². The number of non-ortho nitro benzene ring substituents is 1. The summed E-state index contributed by atoms with van der Waals surface area (Å²) >= 11 is 0. The van der Waals surface area contributed by atoms with Crippen molar-refractivity contribution in [2.24, 2.45) is 0 Å². The van der Waals surface area contributed by atoms with E-state index in [9.17, 15) is 19.3 Å². The van der Waals surface area contributed by atoms with Gasteiger partial charge in [-0.2, -0.15) is 0 Å². The lowest BCUT2D eigenvalue weighted by Crippen LogP contribution is -2.21. The molecule has 0 heterocycles. The number of nitrogens with one attached hydrogen (secondary N) is 2. The zero-order valence-electron chi connectivity index (χ0n) is 10.9.